The largest absolute Gasteiger partial charge is 0.390 e. The molecule has 0 amide bonds. The SMILES string of the molecule is CC1=C[C@]2(O)[C@@H](C(C)C)CC[C@](C)(O)[C@H]2CC1. The van der Waals surface area contributed by atoms with Gasteiger partial charge in [0, 0.05) is 5.92 Å². The topological polar surface area (TPSA) is 40.5 Å². The maximum atomic E-state index is 11.1. The summed E-state index contributed by atoms with van der Waals surface area (Å²) in [5.41, 5.74) is -0.234. The van der Waals surface area contributed by atoms with Crippen molar-refractivity contribution in [3.05, 3.63) is 11.6 Å². The first kappa shape index (κ1) is 13.1. The lowest BCUT2D eigenvalue weighted by Gasteiger charge is -2.54. The summed E-state index contributed by atoms with van der Waals surface area (Å²) in [4.78, 5) is 0. The van der Waals surface area contributed by atoms with Gasteiger partial charge in [-0.1, -0.05) is 25.5 Å². The molecule has 0 aromatic heterocycles. The van der Waals surface area contributed by atoms with Crippen LogP contribution in [0.3, 0.4) is 0 Å². The van der Waals surface area contributed by atoms with Crippen LogP contribution in [0.25, 0.3) is 0 Å². The maximum Gasteiger partial charge on any atom is 0.0916 e. The molecule has 0 aliphatic heterocycles. The second-order valence-corrected chi connectivity index (χ2v) is 6.72. The van der Waals surface area contributed by atoms with Crippen LogP contribution in [-0.4, -0.2) is 21.4 Å². The number of hydrogen-bond acceptors (Lipinski definition) is 2. The van der Waals surface area contributed by atoms with Gasteiger partial charge in [0.25, 0.3) is 0 Å². The van der Waals surface area contributed by atoms with Gasteiger partial charge in [0.2, 0.25) is 0 Å². The van der Waals surface area contributed by atoms with Crippen molar-refractivity contribution in [1.29, 1.82) is 0 Å². The van der Waals surface area contributed by atoms with E-state index in [9.17, 15) is 10.2 Å². The van der Waals surface area contributed by atoms with Crippen molar-refractivity contribution >= 4 is 0 Å². The van der Waals surface area contributed by atoms with Gasteiger partial charge in [0.1, 0.15) is 0 Å². The molecular formula is C15H26O2. The van der Waals surface area contributed by atoms with E-state index < -0.39 is 11.2 Å². The summed E-state index contributed by atoms with van der Waals surface area (Å²) in [7, 11) is 0. The van der Waals surface area contributed by atoms with Crippen molar-refractivity contribution in [3.8, 4) is 0 Å². The molecule has 4 atom stereocenters. The van der Waals surface area contributed by atoms with E-state index in [0.717, 1.165) is 25.7 Å². The Hall–Kier alpha value is -0.340. The highest BCUT2D eigenvalue weighted by atomic mass is 16.3. The highest BCUT2D eigenvalue weighted by molar-refractivity contribution is 5.22. The number of hydrogen-bond donors (Lipinski definition) is 2. The van der Waals surface area contributed by atoms with Gasteiger partial charge in [-0.3, -0.25) is 0 Å². The molecule has 1 fully saturated rings. The zero-order valence-electron chi connectivity index (χ0n) is 11.5. The molecule has 2 aliphatic carbocycles. The van der Waals surface area contributed by atoms with Crippen molar-refractivity contribution in [2.45, 2.75) is 64.6 Å². The Bertz CT molecular complexity index is 330. The van der Waals surface area contributed by atoms with Crippen LogP contribution in [0.1, 0.15) is 53.4 Å². The molecule has 0 saturated heterocycles. The first-order valence-corrected chi connectivity index (χ1v) is 6.90. The molecule has 17 heavy (non-hydrogen) atoms. The van der Waals surface area contributed by atoms with Crippen LogP contribution in [0.4, 0.5) is 0 Å². The van der Waals surface area contributed by atoms with E-state index >= 15 is 0 Å². The Kier molecular flexibility index (Phi) is 3.16. The predicted molar refractivity (Wildman–Crippen MR) is 69.6 cm³/mol. The molecule has 2 N–H and O–H groups in total. The standard InChI is InChI=1S/C15H26O2/c1-10(2)12-7-8-14(4,16)13-6-5-11(3)9-15(12,13)17/h9-10,12-13,16-17H,5-8H2,1-4H3/t12-,13-,14+,15+/m1/s1. The summed E-state index contributed by atoms with van der Waals surface area (Å²) < 4.78 is 0. The molecule has 2 nitrogen and oxygen atoms in total. The minimum atomic E-state index is -0.793. The van der Waals surface area contributed by atoms with Gasteiger partial charge in [-0.05, 0) is 51.4 Å². The predicted octanol–water partition coefficient (Wildman–Crippen LogP) is 2.89. The highest BCUT2D eigenvalue weighted by Crippen LogP contribution is 2.52. The Morgan fingerprint density at radius 1 is 1.29 bits per heavy atom. The van der Waals surface area contributed by atoms with E-state index in [2.05, 4.69) is 20.8 Å². The average molecular weight is 238 g/mol. The number of allylic oxidation sites excluding steroid dienone is 1. The quantitative estimate of drug-likeness (QED) is 0.690. The van der Waals surface area contributed by atoms with E-state index in [-0.39, 0.29) is 11.8 Å². The molecule has 2 rings (SSSR count). The Balaban J connectivity index is 2.42. The van der Waals surface area contributed by atoms with Crippen LogP contribution in [0, 0.1) is 17.8 Å². The minimum absolute atomic E-state index is 0.000139. The second-order valence-electron chi connectivity index (χ2n) is 6.72. The average Bonchev–Trinajstić information content (AvgIpc) is 2.14. The third kappa shape index (κ3) is 2.06. The second kappa shape index (κ2) is 4.10. The van der Waals surface area contributed by atoms with E-state index in [4.69, 9.17) is 0 Å². The Labute approximate surface area is 105 Å². The molecule has 0 radical (unpaired) electrons. The molecule has 98 valence electrons. The molecule has 1 saturated carbocycles. The zero-order chi connectivity index (χ0) is 12.8. The molecule has 0 unspecified atom stereocenters. The van der Waals surface area contributed by atoms with Crippen LogP contribution in [0.2, 0.25) is 0 Å². The van der Waals surface area contributed by atoms with E-state index in [1.165, 1.54) is 5.57 Å². The van der Waals surface area contributed by atoms with Gasteiger partial charge >= 0.3 is 0 Å². The van der Waals surface area contributed by atoms with Gasteiger partial charge < -0.3 is 10.2 Å². The van der Waals surface area contributed by atoms with Gasteiger partial charge in [0.15, 0.2) is 0 Å². The molecule has 0 heterocycles. The zero-order valence-corrected chi connectivity index (χ0v) is 11.5. The summed E-state index contributed by atoms with van der Waals surface area (Å²) >= 11 is 0. The fourth-order valence-corrected chi connectivity index (χ4v) is 4.07. The highest BCUT2D eigenvalue weighted by Gasteiger charge is 2.55. The molecule has 0 aromatic carbocycles. The van der Waals surface area contributed by atoms with Gasteiger partial charge in [-0.2, -0.15) is 0 Å². The molecule has 0 spiro atoms. The molecule has 0 aromatic rings. The first-order valence-electron chi connectivity index (χ1n) is 6.90. The molecular weight excluding hydrogens is 212 g/mol. The van der Waals surface area contributed by atoms with Crippen molar-refractivity contribution in [2.75, 3.05) is 0 Å². The summed E-state index contributed by atoms with van der Waals surface area (Å²) in [5, 5.41) is 21.6. The van der Waals surface area contributed by atoms with Gasteiger partial charge in [-0.25, -0.2) is 0 Å². The van der Waals surface area contributed by atoms with Crippen molar-refractivity contribution in [1.82, 2.24) is 0 Å². The van der Waals surface area contributed by atoms with Crippen molar-refractivity contribution in [2.24, 2.45) is 17.8 Å². The molecule has 0 bridgehead atoms. The lowest BCUT2D eigenvalue weighted by atomic mass is 9.56. The lowest BCUT2D eigenvalue weighted by molar-refractivity contribution is -0.170. The van der Waals surface area contributed by atoms with Crippen LogP contribution in [0.5, 0.6) is 0 Å². The van der Waals surface area contributed by atoms with Crippen molar-refractivity contribution < 1.29 is 10.2 Å². The van der Waals surface area contributed by atoms with E-state index in [1.54, 1.807) is 0 Å². The Morgan fingerprint density at radius 2 is 1.94 bits per heavy atom. The van der Waals surface area contributed by atoms with E-state index in [1.807, 2.05) is 13.0 Å². The monoisotopic (exact) mass is 238 g/mol. The van der Waals surface area contributed by atoms with E-state index in [0.29, 0.717) is 5.92 Å². The first-order chi connectivity index (χ1) is 7.77. The van der Waals surface area contributed by atoms with Gasteiger partial charge in [-0.15, -0.1) is 0 Å². The normalized spacial score (nSPS) is 46.6. The minimum Gasteiger partial charge on any atom is -0.390 e. The number of rotatable bonds is 1. The number of aliphatic hydroxyl groups is 2. The summed E-state index contributed by atoms with van der Waals surface area (Å²) in [5.74, 6) is 0.739. The summed E-state index contributed by atoms with van der Waals surface area (Å²) in [6, 6.07) is 0. The third-order valence-electron chi connectivity index (χ3n) is 4.97. The molecule has 2 heteroatoms. The van der Waals surface area contributed by atoms with Gasteiger partial charge in [0.05, 0.1) is 11.2 Å². The van der Waals surface area contributed by atoms with Crippen LogP contribution in [-0.2, 0) is 0 Å². The van der Waals surface area contributed by atoms with Crippen LogP contribution < -0.4 is 0 Å². The van der Waals surface area contributed by atoms with Crippen LogP contribution in [0.15, 0.2) is 11.6 Å². The fourth-order valence-electron chi connectivity index (χ4n) is 4.07. The summed E-state index contributed by atoms with van der Waals surface area (Å²) in [6.07, 6.45) is 5.69. The Morgan fingerprint density at radius 3 is 2.53 bits per heavy atom. The lowest BCUT2D eigenvalue weighted by Crippen LogP contribution is -2.59. The number of fused-ring (bicyclic) bond motifs is 1. The summed E-state index contributed by atoms with van der Waals surface area (Å²) in [6.45, 7) is 8.34. The smallest absolute Gasteiger partial charge is 0.0916 e. The van der Waals surface area contributed by atoms with Crippen molar-refractivity contribution in [3.63, 3.8) is 0 Å². The third-order valence-corrected chi connectivity index (χ3v) is 4.97. The molecule has 2 aliphatic rings. The fraction of sp³-hybridized carbons (Fsp3) is 0.867. The van der Waals surface area contributed by atoms with Crippen LogP contribution >= 0.6 is 0 Å². The maximum absolute atomic E-state index is 11.1.